The molecule has 0 amide bonds. The van der Waals surface area contributed by atoms with E-state index in [0.717, 1.165) is 28.6 Å². The molecule has 1 unspecified atom stereocenters. The molecule has 9 heteroatoms. The van der Waals surface area contributed by atoms with Crippen LogP contribution in [0.3, 0.4) is 0 Å². The Morgan fingerprint density at radius 1 is 1.05 bits per heavy atom. The zero-order valence-electron chi connectivity index (χ0n) is 21.0. The van der Waals surface area contributed by atoms with Crippen LogP contribution in [0, 0.1) is 0 Å². The molecule has 0 aliphatic carbocycles. The van der Waals surface area contributed by atoms with E-state index in [0.29, 0.717) is 37.6 Å². The summed E-state index contributed by atoms with van der Waals surface area (Å²) in [6, 6.07) is 21.5. The van der Waals surface area contributed by atoms with Crippen LogP contribution in [0.5, 0.6) is 0 Å². The summed E-state index contributed by atoms with van der Waals surface area (Å²) in [5, 5.41) is 13.6. The Morgan fingerprint density at radius 3 is 2.68 bits per heavy atom. The second-order valence-electron chi connectivity index (χ2n) is 8.95. The molecule has 0 fully saturated rings. The largest absolute Gasteiger partial charge is 0.468 e. The van der Waals surface area contributed by atoms with Gasteiger partial charge in [0.15, 0.2) is 5.82 Å². The molecule has 0 bridgehead atoms. The first-order valence-electron chi connectivity index (χ1n) is 12.4. The van der Waals surface area contributed by atoms with Crippen LogP contribution in [-0.2, 0) is 30.8 Å². The van der Waals surface area contributed by atoms with Crippen molar-refractivity contribution in [2.24, 2.45) is 0 Å². The Hall–Kier alpha value is -4.08. The van der Waals surface area contributed by atoms with Crippen LogP contribution in [0.15, 0.2) is 82.2 Å². The van der Waals surface area contributed by atoms with E-state index in [4.69, 9.17) is 9.15 Å². The van der Waals surface area contributed by atoms with Gasteiger partial charge in [-0.3, -0.25) is 9.69 Å². The number of rotatable bonds is 11. The second kappa shape index (κ2) is 11.3. The van der Waals surface area contributed by atoms with Gasteiger partial charge in [0.2, 0.25) is 0 Å². The molecular formula is C28H30N6O3. The van der Waals surface area contributed by atoms with Crippen LogP contribution in [-0.4, -0.2) is 43.8 Å². The molecule has 5 rings (SSSR count). The topological polar surface area (TPSA) is 102 Å². The standard InChI is InChI=1S/C28H30N6O3/c1-3-20-11-12-25-22(16-20)17-24(28(35)29-25)26(27-30-31-32-34(27)13-15-36-2)33(19-23-10-7-14-37-23)18-21-8-5-4-6-9-21/h4-12,14,16-17,26H,3,13,15,18-19H2,1-2H3,(H,29,35). The number of pyridine rings is 1. The van der Waals surface area contributed by atoms with E-state index >= 15 is 0 Å². The van der Waals surface area contributed by atoms with Gasteiger partial charge in [0.1, 0.15) is 11.8 Å². The van der Waals surface area contributed by atoms with E-state index in [2.05, 4.69) is 50.5 Å². The molecule has 1 N–H and O–H groups in total. The Morgan fingerprint density at radius 2 is 1.92 bits per heavy atom. The van der Waals surface area contributed by atoms with E-state index in [1.807, 2.05) is 48.5 Å². The lowest BCUT2D eigenvalue weighted by Gasteiger charge is -2.30. The van der Waals surface area contributed by atoms with Gasteiger partial charge >= 0.3 is 0 Å². The number of benzene rings is 2. The normalized spacial score (nSPS) is 12.4. The molecule has 0 radical (unpaired) electrons. The Bertz CT molecular complexity index is 1490. The number of methoxy groups -OCH3 is 1. The maximum atomic E-state index is 13.6. The predicted molar refractivity (Wildman–Crippen MR) is 140 cm³/mol. The minimum Gasteiger partial charge on any atom is -0.468 e. The fraction of sp³-hybridized carbons (Fsp3) is 0.286. The molecule has 37 heavy (non-hydrogen) atoms. The number of nitrogens with zero attached hydrogens (tertiary/aromatic N) is 5. The van der Waals surface area contributed by atoms with Gasteiger partial charge in [0.25, 0.3) is 5.56 Å². The second-order valence-corrected chi connectivity index (χ2v) is 8.95. The number of nitrogens with one attached hydrogen (secondary N) is 1. The van der Waals surface area contributed by atoms with E-state index in [9.17, 15) is 4.79 Å². The van der Waals surface area contributed by atoms with Crippen molar-refractivity contribution in [3.8, 4) is 0 Å². The van der Waals surface area contributed by atoms with E-state index in [1.54, 1.807) is 18.1 Å². The summed E-state index contributed by atoms with van der Waals surface area (Å²) in [5.41, 5.74) is 3.48. The molecule has 0 saturated heterocycles. The first kappa shape index (κ1) is 24.6. The summed E-state index contributed by atoms with van der Waals surface area (Å²) in [6.45, 7) is 4.02. The third kappa shape index (κ3) is 5.52. The maximum Gasteiger partial charge on any atom is 0.253 e. The summed E-state index contributed by atoms with van der Waals surface area (Å²) < 4.78 is 12.7. The molecule has 2 aromatic carbocycles. The zero-order valence-corrected chi connectivity index (χ0v) is 21.0. The van der Waals surface area contributed by atoms with Gasteiger partial charge in [-0.25, -0.2) is 4.68 Å². The minimum absolute atomic E-state index is 0.180. The fourth-order valence-electron chi connectivity index (χ4n) is 4.60. The van der Waals surface area contributed by atoms with Crippen molar-refractivity contribution < 1.29 is 9.15 Å². The molecular weight excluding hydrogens is 468 g/mol. The van der Waals surface area contributed by atoms with Crippen LogP contribution in [0.2, 0.25) is 0 Å². The van der Waals surface area contributed by atoms with Gasteiger partial charge in [-0.15, -0.1) is 5.10 Å². The number of hydrogen-bond donors (Lipinski definition) is 1. The molecule has 1 atom stereocenters. The summed E-state index contributed by atoms with van der Waals surface area (Å²) in [5.74, 6) is 1.35. The summed E-state index contributed by atoms with van der Waals surface area (Å²) in [4.78, 5) is 18.9. The summed E-state index contributed by atoms with van der Waals surface area (Å²) in [7, 11) is 1.64. The lowest BCUT2D eigenvalue weighted by Crippen LogP contribution is -2.35. The summed E-state index contributed by atoms with van der Waals surface area (Å²) in [6.07, 6.45) is 2.56. The number of hydrogen-bond acceptors (Lipinski definition) is 7. The van der Waals surface area contributed by atoms with E-state index < -0.39 is 6.04 Å². The van der Waals surface area contributed by atoms with E-state index in [-0.39, 0.29) is 5.56 Å². The highest BCUT2D eigenvalue weighted by Crippen LogP contribution is 2.30. The van der Waals surface area contributed by atoms with Crippen LogP contribution in [0.1, 0.15) is 41.2 Å². The van der Waals surface area contributed by atoms with Gasteiger partial charge in [-0.2, -0.15) is 0 Å². The smallest absolute Gasteiger partial charge is 0.253 e. The molecule has 0 aliphatic heterocycles. The number of H-pyrrole nitrogens is 1. The van der Waals surface area contributed by atoms with Crippen molar-refractivity contribution in [3.05, 3.63) is 112 Å². The number of furan rings is 1. The quantitative estimate of drug-likeness (QED) is 0.292. The average molecular weight is 499 g/mol. The van der Waals surface area contributed by atoms with Crippen molar-refractivity contribution >= 4 is 10.9 Å². The van der Waals surface area contributed by atoms with E-state index in [1.165, 1.54) is 5.56 Å². The minimum atomic E-state index is -0.546. The number of aryl methyl sites for hydroxylation is 1. The molecule has 5 aromatic rings. The highest BCUT2D eigenvalue weighted by atomic mass is 16.5. The maximum absolute atomic E-state index is 13.6. The van der Waals surface area contributed by atoms with Crippen LogP contribution in [0.25, 0.3) is 10.9 Å². The van der Waals surface area contributed by atoms with Gasteiger partial charge in [-0.05, 0) is 63.7 Å². The van der Waals surface area contributed by atoms with Gasteiger partial charge < -0.3 is 14.1 Å². The molecule has 190 valence electrons. The molecule has 0 saturated carbocycles. The van der Waals surface area contributed by atoms with Crippen molar-refractivity contribution in [1.29, 1.82) is 0 Å². The average Bonchev–Trinajstić information content (AvgIpc) is 3.60. The van der Waals surface area contributed by atoms with Crippen LogP contribution < -0.4 is 5.56 Å². The van der Waals surface area contributed by atoms with Gasteiger partial charge in [0.05, 0.1) is 26.0 Å². The first-order chi connectivity index (χ1) is 18.2. The lowest BCUT2D eigenvalue weighted by atomic mass is 10.0. The van der Waals surface area contributed by atoms with Crippen molar-refractivity contribution in [2.75, 3.05) is 13.7 Å². The van der Waals surface area contributed by atoms with Crippen molar-refractivity contribution in [2.45, 2.75) is 39.0 Å². The SMILES string of the molecule is CCc1ccc2[nH]c(=O)c(C(c3nnnn3CCOC)N(Cc3ccccc3)Cc3ccco3)cc2c1. The van der Waals surface area contributed by atoms with Crippen LogP contribution >= 0.6 is 0 Å². The number of fused-ring (bicyclic) bond motifs is 1. The number of aromatic amines is 1. The molecule has 9 nitrogen and oxygen atoms in total. The van der Waals surface area contributed by atoms with Crippen LogP contribution in [0.4, 0.5) is 0 Å². The Labute approximate surface area is 214 Å². The third-order valence-corrected chi connectivity index (χ3v) is 6.48. The lowest BCUT2D eigenvalue weighted by molar-refractivity contribution is 0.163. The molecule has 0 spiro atoms. The Kier molecular flexibility index (Phi) is 7.53. The fourth-order valence-corrected chi connectivity index (χ4v) is 4.60. The zero-order chi connectivity index (χ0) is 25.6. The molecule has 3 aromatic heterocycles. The van der Waals surface area contributed by atoms with Gasteiger partial charge in [-0.1, -0.05) is 43.3 Å². The third-order valence-electron chi connectivity index (χ3n) is 6.48. The first-order valence-corrected chi connectivity index (χ1v) is 12.4. The van der Waals surface area contributed by atoms with Crippen molar-refractivity contribution in [3.63, 3.8) is 0 Å². The monoisotopic (exact) mass is 498 g/mol. The van der Waals surface area contributed by atoms with Gasteiger partial charge in [0, 0.05) is 24.7 Å². The number of tetrazole rings is 1. The molecule has 3 heterocycles. The highest BCUT2D eigenvalue weighted by molar-refractivity contribution is 5.80. The Balaban J connectivity index is 1.68. The number of aromatic nitrogens is 5. The predicted octanol–water partition coefficient (Wildman–Crippen LogP) is 4.11. The molecule has 0 aliphatic rings. The summed E-state index contributed by atoms with van der Waals surface area (Å²) >= 11 is 0. The van der Waals surface area contributed by atoms with Crippen molar-refractivity contribution in [1.82, 2.24) is 30.1 Å². The highest BCUT2D eigenvalue weighted by Gasteiger charge is 2.31. The number of ether oxygens (including phenoxy) is 1.